The van der Waals surface area contributed by atoms with Crippen molar-refractivity contribution in [2.45, 2.75) is 6.92 Å². The molecule has 1 N–H and O–H groups in total. The molecule has 94 valence electrons. The van der Waals surface area contributed by atoms with Gasteiger partial charge < -0.3 is 14.3 Å². The molecule has 2 rings (SSSR count). The fourth-order valence-corrected chi connectivity index (χ4v) is 1.64. The van der Waals surface area contributed by atoms with Crippen LogP contribution in [-0.2, 0) is 0 Å². The number of carboxylic acid groups (broad SMARTS) is 1. The standard InChI is InChI=1S/C12H10ClNO4/c1-2-17-12-9(11(15)16)14-10(18-12)7-5-3-4-6-8(7)13/h3-6H,2H2,1H3,(H,15,16). The van der Waals surface area contributed by atoms with E-state index < -0.39 is 5.97 Å². The summed E-state index contributed by atoms with van der Waals surface area (Å²) in [4.78, 5) is 14.9. The Kier molecular flexibility index (Phi) is 3.53. The minimum Gasteiger partial charge on any atom is -0.476 e. The predicted molar refractivity (Wildman–Crippen MR) is 65.1 cm³/mol. The lowest BCUT2D eigenvalue weighted by atomic mass is 10.2. The maximum Gasteiger partial charge on any atom is 0.362 e. The predicted octanol–water partition coefficient (Wildman–Crippen LogP) is 3.09. The number of benzene rings is 1. The van der Waals surface area contributed by atoms with Crippen LogP contribution in [-0.4, -0.2) is 22.7 Å². The molecular formula is C12H10ClNO4. The summed E-state index contributed by atoms with van der Waals surface area (Å²) >= 11 is 5.99. The Morgan fingerprint density at radius 3 is 2.83 bits per heavy atom. The Morgan fingerprint density at radius 1 is 1.50 bits per heavy atom. The summed E-state index contributed by atoms with van der Waals surface area (Å²) in [6.07, 6.45) is 0. The van der Waals surface area contributed by atoms with E-state index in [0.29, 0.717) is 10.6 Å². The van der Waals surface area contributed by atoms with Gasteiger partial charge in [0, 0.05) is 0 Å². The van der Waals surface area contributed by atoms with Crippen molar-refractivity contribution in [3.05, 3.63) is 35.0 Å². The van der Waals surface area contributed by atoms with Crippen LogP contribution >= 0.6 is 11.6 Å². The monoisotopic (exact) mass is 267 g/mol. The topological polar surface area (TPSA) is 72.6 Å². The largest absolute Gasteiger partial charge is 0.476 e. The zero-order valence-corrected chi connectivity index (χ0v) is 10.3. The van der Waals surface area contributed by atoms with Crippen LogP contribution in [0, 0.1) is 0 Å². The van der Waals surface area contributed by atoms with Crippen LogP contribution in [0.25, 0.3) is 11.5 Å². The van der Waals surface area contributed by atoms with Gasteiger partial charge in [-0.05, 0) is 19.1 Å². The highest BCUT2D eigenvalue weighted by Crippen LogP contribution is 2.31. The van der Waals surface area contributed by atoms with Crippen molar-refractivity contribution >= 4 is 17.6 Å². The molecular weight excluding hydrogens is 258 g/mol. The molecule has 0 aliphatic rings. The molecule has 1 heterocycles. The number of ether oxygens (including phenoxy) is 1. The van der Waals surface area contributed by atoms with Crippen molar-refractivity contribution in [3.8, 4) is 17.4 Å². The molecule has 0 bridgehead atoms. The van der Waals surface area contributed by atoms with Gasteiger partial charge in [0.2, 0.25) is 11.6 Å². The lowest BCUT2D eigenvalue weighted by Crippen LogP contribution is -2.01. The molecule has 0 spiro atoms. The molecule has 0 aliphatic carbocycles. The van der Waals surface area contributed by atoms with Gasteiger partial charge in [-0.3, -0.25) is 0 Å². The number of hydrogen-bond acceptors (Lipinski definition) is 4. The molecule has 2 aromatic rings. The minimum atomic E-state index is -1.21. The summed E-state index contributed by atoms with van der Waals surface area (Å²) in [6.45, 7) is 2.01. The average molecular weight is 268 g/mol. The number of oxazole rings is 1. The van der Waals surface area contributed by atoms with Gasteiger partial charge in [0.25, 0.3) is 0 Å². The number of halogens is 1. The van der Waals surface area contributed by atoms with Crippen molar-refractivity contribution in [2.75, 3.05) is 6.61 Å². The molecule has 0 amide bonds. The quantitative estimate of drug-likeness (QED) is 0.921. The first-order chi connectivity index (χ1) is 8.63. The van der Waals surface area contributed by atoms with Crippen LogP contribution in [0.3, 0.4) is 0 Å². The first-order valence-corrected chi connectivity index (χ1v) is 5.63. The second kappa shape index (κ2) is 5.10. The molecule has 0 saturated heterocycles. The molecule has 5 nitrogen and oxygen atoms in total. The fraction of sp³-hybridized carbons (Fsp3) is 0.167. The van der Waals surface area contributed by atoms with Crippen molar-refractivity contribution in [3.63, 3.8) is 0 Å². The normalized spacial score (nSPS) is 10.3. The van der Waals surface area contributed by atoms with E-state index in [-0.39, 0.29) is 24.1 Å². The molecule has 0 saturated carbocycles. The minimum absolute atomic E-state index is 0.111. The number of nitrogens with zero attached hydrogens (tertiary/aromatic N) is 1. The summed E-state index contributed by atoms with van der Waals surface area (Å²) in [6, 6.07) is 6.87. The number of carbonyl (C=O) groups is 1. The van der Waals surface area contributed by atoms with Crippen LogP contribution in [0.1, 0.15) is 17.4 Å². The fourth-order valence-electron chi connectivity index (χ4n) is 1.42. The van der Waals surface area contributed by atoms with Gasteiger partial charge in [0.1, 0.15) is 0 Å². The number of hydrogen-bond donors (Lipinski definition) is 1. The maximum atomic E-state index is 11.0. The van der Waals surface area contributed by atoms with Crippen molar-refractivity contribution in [2.24, 2.45) is 0 Å². The second-order valence-corrected chi connectivity index (χ2v) is 3.78. The van der Waals surface area contributed by atoms with E-state index in [4.69, 9.17) is 25.9 Å². The van der Waals surface area contributed by atoms with Crippen LogP contribution < -0.4 is 4.74 Å². The van der Waals surface area contributed by atoms with Gasteiger partial charge in [-0.1, -0.05) is 23.7 Å². The lowest BCUT2D eigenvalue weighted by Gasteiger charge is -1.98. The Balaban J connectivity index is 2.50. The molecule has 6 heteroatoms. The Bertz CT molecular complexity index is 579. The van der Waals surface area contributed by atoms with Gasteiger partial charge in [-0.15, -0.1) is 0 Å². The number of aromatic nitrogens is 1. The van der Waals surface area contributed by atoms with Crippen LogP contribution in [0.4, 0.5) is 0 Å². The summed E-state index contributed by atoms with van der Waals surface area (Å²) < 4.78 is 10.4. The number of carboxylic acids is 1. The highest BCUT2D eigenvalue weighted by molar-refractivity contribution is 6.33. The number of aromatic carboxylic acids is 1. The molecule has 0 aliphatic heterocycles. The smallest absolute Gasteiger partial charge is 0.362 e. The van der Waals surface area contributed by atoms with Crippen LogP contribution in [0.2, 0.25) is 5.02 Å². The third-order valence-electron chi connectivity index (χ3n) is 2.18. The molecule has 0 unspecified atom stereocenters. The maximum absolute atomic E-state index is 11.0. The molecule has 1 aromatic heterocycles. The highest BCUT2D eigenvalue weighted by atomic mass is 35.5. The van der Waals surface area contributed by atoms with E-state index in [1.807, 2.05) is 0 Å². The lowest BCUT2D eigenvalue weighted by molar-refractivity contribution is 0.0683. The van der Waals surface area contributed by atoms with E-state index in [1.165, 1.54) is 0 Å². The van der Waals surface area contributed by atoms with Crippen molar-refractivity contribution in [1.29, 1.82) is 0 Å². The third-order valence-corrected chi connectivity index (χ3v) is 2.51. The van der Waals surface area contributed by atoms with E-state index in [2.05, 4.69) is 4.98 Å². The first kappa shape index (κ1) is 12.4. The summed E-state index contributed by atoms with van der Waals surface area (Å²) in [5.74, 6) is -1.19. The molecule has 0 fully saturated rings. The zero-order valence-electron chi connectivity index (χ0n) is 9.51. The van der Waals surface area contributed by atoms with Gasteiger partial charge in [-0.2, -0.15) is 4.98 Å². The molecule has 1 aromatic carbocycles. The van der Waals surface area contributed by atoms with Gasteiger partial charge >= 0.3 is 11.9 Å². The molecule has 0 atom stereocenters. The molecule has 18 heavy (non-hydrogen) atoms. The van der Waals surface area contributed by atoms with Crippen molar-refractivity contribution < 1.29 is 19.1 Å². The highest BCUT2D eigenvalue weighted by Gasteiger charge is 2.22. The van der Waals surface area contributed by atoms with E-state index in [9.17, 15) is 4.79 Å². The first-order valence-electron chi connectivity index (χ1n) is 5.25. The third kappa shape index (κ3) is 2.31. The van der Waals surface area contributed by atoms with Gasteiger partial charge in [-0.25, -0.2) is 4.79 Å². The SMILES string of the molecule is CCOc1oc(-c2ccccc2Cl)nc1C(=O)O. The average Bonchev–Trinajstić information content (AvgIpc) is 2.74. The van der Waals surface area contributed by atoms with Crippen molar-refractivity contribution in [1.82, 2.24) is 4.98 Å². The summed E-state index contributed by atoms with van der Waals surface area (Å²) in [5, 5.41) is 9.42. The summed E-state index contributed by atoms with van der Waals surface area (Å²) in [7, 11) is 0. The van der Waals surface area contributed by atoms with Gasteiger partial charge in [0.15, 0.2) is 0 Å². The summed E-state index contributed by atoms with van der Waals surface area (Å²) in [5.41, 5.74) is 0.263. The van der Waals surface area contributed by atoms with Crippen LogP contribution in [0.15, 0.2) is 28.7 Å². The van der Waals surface area contributed by atoms with E-state index >= 15 is 0 Å². The van der Waals surface area contributed by atoms with E-state index in [0.717, 1.165) is 0 Å². The Labute approximate surface area is 108 Å². The Hall–Kier alpha value is -2.01. The van der Waals surface area contributed by atoms with Crippen LogP contribution in [0.5, 0.6) is 5.95 Å². The van der Waals surface area contributed by atoms with Gasteiger partial charge in [0.05, 0.1) is 17.2 Å². The Morgan fingerprint density at radius 2 is 2.22 bits per heavy atom. The molecule has 0 radical (unpaired) electrons. The van der Waals surface area contributed by atoms with E-state index in [1.54, 1.807) is 31.2 Å². The second-order valence-electron chi connectivity index (χ2n) is 3.37. The zero-order chi connectivity index (χ0) is 13.1. The number of rotatable bonds is 4.